The number of fused-ring (bicyclic) bond motifs is 1. The van der Waals surface area contributed by atoms with E-state index in [0.29, 0.717) is 18.9 Å². The van der Waals surface area contributed by atoms with Crippen LogP contribution >= 0.6 is 0 Å². The molecule has 118 valence electrons. The van der Waals surface area contributed by atoms with Gasteiger partial charge in [-0.2, -0.15) is 0 Å². The van der Waals surface area contributed by atoms with Gasteiger partial charge in [-0.1, -0.05) is 12.1 Å². The highest BCUT2D eigenvalue weighted by Crippen LogP contribution is 2.29. The van der Waals surface area contributed by atoms with Crippen molar-refractivity contribution in [3.8, 4) is 0 Å². The third kappa shape index (κ3) is 2.93. The molecule has 2 saturated heterocycles. The molecular weight excluding hydrogens is 280 g/mol. The molecule has 1 aromatic carbocycles. The van der Waals surface area contributed by atoms with Crippen molar-refractivity contribution in [2.75, 3.05) is 25.1 Å². The molecule has 2 amide bonds. The summed E-state index contributed by atoms with van der Waals surface area (Å²) >= 11 is 0. The summed E-state index contributed by atoms with van der Waals surface area (Å²) in [5.74, 6) is -0.198. The first-order valence-electron chi connectivity index (χ1n) is 7.93. The molecule has 22 heavy (non-hydrogen) atoms. The van der Waals surface area contributed by atoms with Gasteiger partial charge in [-0.3, -0.25) is 9.69 Å². The Bertz CT molecular complexity index is 556. The molecule has 0 N–H and O–H groups in total. The lowest BCUT2D eigenvalue weighted by Gasteiger charge is -2.27. The smallest absolute Gasteiger partial charge is 0.324 e. The number of carbonyl (C=O) groups is 2. The summed E-state index contributed by atoms with van der Waals surface area (Å²) in [6, 6.07) is 8.43. The number of amides is 2. The highest BCUT2D eigenvalue weighted by molar-refractivity contribution is 5.94. The number of piperidine rings is 1. The average molecular weight is 302 g/mol. The van der Waals surface area contributed by atoms with Gasteiger partial charge in [0, 0.05) is 25.2 Å². The van der Waals surface area contributed by atoms with E-state index >= 15 is 0 Å². The molecule has 2 fully saturated rings. The van der Waals surface area contributed by atoms with Crippen LogP contribution in [0.1, 0.15) is 31.2 Å². The van der Waals surface area contributed by atoms with Crippen molar-refractivity contribution in [1.82, 2.24) is 4.90 Å². The number of rotatable bonds is 4. The molecule has 0 saturated carbocycles. The topological polar surface area (TPSA) is 49.9 Å². The third-order valence-electron chi connectivity index (χ3n) is 4.59. The van der Waals surface area contributed by atoms with Gasteiger partial charge in [0.05, 0.1) is 13.2 Å². The molecule has 0 radical (unpaired) electrons. The van der Waals surface area contributed by atoms with Gasteiger partial charge in [-0.05, 0) is 43.4 Å². The van der Waals surface area contributed by atoms with Crippen molar-refractivity contribution in [1.29, 1.82) is 0 Å². The minimum absolute atomic E-state index is 0.131. The van der Waals surface area contributed by atoms with E-state index in [0.717, 1.165) is 37.2 Å². The lowest BCUT2D eigenvalue weighted by atomic mass is 10.0. The molecule has 1 atom stereocenters. The van der Waals surface area contributed by atoms with Crippen molar-refractivity contribution < 1.29 is 14.3 Å². The van der Waals surface area contributed by atoms with Gasteiger partial charge < -0.3 is 9.64 Å². The van der Waals surface area contributed by atoms with Crippen LogP contribution in [0.5, 0.6) is 0 Å². The van der Waals surface area contributed by atoms with E-state index in [2.05, 4.69) is 4.74 Å². The van der Waals surface area contributed by atoms with E-state index in [4.69, 9.17) is 0 Å². The Morgan fingerprint density at radius 2 is 2.05 bits per heavy atom. The van der Waals surface area contributed by atoms with Crippen LogP contribution in [0.2, 0.25) is 0 Å². The normalized spacial score (nSPS) is 21.0. The number of anilines is 1. The van der Waals surface area contributed by atoms with E-state index < -0.39 is 0 Å². The van der Waals surface area contributed by atoms with E-state index in [-0.39, 0.29) is 12.0 Å². The standard InChI is InChI=1S/C17H22N2O3/c1-22-16(20)10-7-13-5-8-14(9-6-13)19-12-15-4-2-3-11-18(15)17(19)21/h5-6,8-9,15H,2-4,7,10-12H2,1H3/t15-/m0/s1. The van der Waals surface area contributed by atoms with E-state index in [1.165, 1.54) is 13.5 Å². The highest BCUT2D eigenvalue weighted by atomic mass is 16.5. The highest BCUT2D eigenvalue weighted by Gasteiger charge is 2.38. The maximum absolute atomic E-state index is 12.5. The molecule has 0 aliphatic carbocycles. The Hall–Kier alpha value is -2.04. The van der Waals surface area contributed by atoms with Crippen LogP contribution in [0.15, 0.2) is 24.3 Å². The van der Waals surface area contributed by atoms with Gasteiger partial charge in [0.15, 0.2) is 0 Å². The number of carbonyl (C=O) groups excluding carboxylic acids is 2. The van der Waals surface area contributed by atoms with E-state index in [1.807, 2.05) is 34.1 Å². The van der Waals surface area contributed by atoms with Gasteiger partial charge in [0.2, 0.25) is 0 Å². The first kappa shape index (κ1) is 14.9. The maximum atomic E-state index is 12.5. The summed E-state index contributed by atoms with van der Waals surface area (Å²) in [6.45, 7) is 1.68. The second kappa shape index (κ2) is 6.38. The van der Waals surface area contributed by atoms with Crippen LogP contribution < -0.4 is 4.90 Å². The van der Waals surface area contributed by atoms with Crippen molar-refractivity contribution in [3.63, 3.8) is 0 Å². The fraction of sp³-hybridized carbons (Fsp3) is 0.529. The third-order valence-corrected chi connectivity index (χ3v) is 4.59. The van der Waals surface area contributed by atoms with Crippen molar-refractivity contribution >= 4 is 17.7 Å². The van der Waals surface area contributed by atoms with Crippen LogP contribution in [0.4, 0.5) is 10.5 Å². The SMILES string of the molecule is COC(=O)CCc1ccc(N2C[C@@H]3CCCCN3C2=O)cc1. The van der Waals surface area contributed by atoms with Crippen molar-refractivity contribution in [3.05, 3.63) is 29.8 Å². The molecule has 2 aliphatic heterocycles. The molecule has 2 aliphatic rings. The molecular formula is C17H22N2O3. The zero-order valence-corrected chi connectivity index (χ0v) is 13.0. The monoisotopic (exact) mass is 302 g/mol. The van der Waals surface area contributed by atoms with Crippen LogP contribution in [0.3, 0.4) is 0 Å². The van der Waals surface area contributed by atoms with Crippen LogP contribution in [-0.2, 0) is 16.0 Å². The number of benzene rings is 1. The number of nitrogens with zero attached hydrogens (tertiary/aromatic N) is 2. The van der Waals surface area contributed by atoms with Crippen LogP contribution in [0, 0.1) is 0 Å². The number of hydrogen-bond acceptors (Lipinski definition) is 3. The van der Waals surface area contributed by atoms with E-state index in [1.54, 1.807) is 0 Å². The lowest BCUT2D eigenvalue weighted by molar-refractivity contribution is -0.140. The molecule has 0 aromatic heterocycles. The number of ether oxygens (including phenoxy) is 1. The van der Waals surface area contributed by atoms with Crippen molar-refractivity contribution in [2.24, 2.45) is 0 Å². The van der Waals surface area contributed by atoms with Gasteiger partial charge in [-0.15, -0.1) is 0 Å². The number of esters is 1. The van der Waals surface area contributed by atoms with Crippen molar-refractivity contribution in [2.45, 2.75) is 38.1 Å². The molecule has 5 nitrogen and oxygen atoms in total. The molecule has 0 bridgehead atoms. The summed E-state index contributed by atoms with van der Waals surface area (Å²) < 4.78 is 4.65. The summed E-state index contributed by atoms with van der Waals surface area (Å²) in [5.41, 5.74) is 2.03. The first-order valence-corrected chi connectivity index (χ1v) is 7.93. The summed E-state index contributed by atoms with van der Waals surface area (Å²) in [5, 5.41) is 0. The Morgan fingerprint density at radius 1 is 1.27 bits per heavy atom. The Morgan fingerprint density at radius 3 is 2.73 bits per heavy atom. The molecule has 2 heterocycles. The minimum Gasteiger partial charge on any atom is -0.469 e. The Balaban J connectivity index is 1.65. The van der Waals surface area contributed by atoms with Gasteiger partial charge in [0.1, 0.15) is 0 Å². The quantitative estimate of drug-likeness (QED) is 0.803. The molecule has 0 unspecified atom stereocenters. The average Bonchev–Trinajstić information content (AvgIpc) is 2.90. The van der Waals surface area contributed by atoms with Crippen LogP contribution in [0.25, 0.3) is 0 Å². The minimum atomic E-state index is -0.198. The summed E-state index contributed by atoms with van der Waals surface area (Å²) in [7, 11) is 1.40. The molecule has 1 aromatic rings. The fourth-order valence-electron chi connectivity index (χ4n) is 3.29. The van der Waals surface area contributed by atoms with E-state index in [9.17, 15) is 9.59 Å². The van der Waals surface area contributed by atoms with Crippen LogP contribution in [-0.4, -0.2) is 43.1 Å². The largest absolute Gasteiger partial charge is 0.469 e. The fourth-order valence-corrected chi connectivity index (χ4v) is 3.29. The Labute approximate surface area is 130 Å². The number of hydrogen-bond donors (Lipinski definition) is 0. The molecule has 3 rings (SSSR count). The summed E-state index contributed by atoms with van der Waals surface area (Å²) in [4.78, 5) is 27.5. The Kier molecular flexibility index (Phi) is 4.32. The zero-order chi connectivity index (χ0) is 15.5. The van der Waals surface area contributed by atoms with Gasteiger partial charge in [-0.25, -0.2) is 4.79 Å². The summed E-state index contributed by atoms with van der Waals surface area (Å²) in [6.07, 6.45) is 4.49. The maximum Gasteiger partial charge on any atom is 0.324 e. The zero-order valence-electron chi connectivity index (χ0n) is 13.0. The number of aryl methyl sites for hydroxylation is 1. The predicted octanol–water partition coefficient (Wildman–Crippen LogP) is 2.59. The molecule has 5 heteroatoms. The first-order chi connectivity index (χ1) is 10.7. The predicted molar refractivity (Wildman–Crippen MR) is 83.9 cm³/mol. The second-order valence-electron chi connectivity index (χ2n) is 5.98. The second-order valence-corrected chi connectivity index (χ2v) is 5.98. The van der Waals surface area contributed by atoms with Gasteiger partial charge >= 0.3 is 12.0 Å². The van der Waals surface area contributed by atoms with Gasteiger partial charge in [0.25, 0.3) is 0 Å². The molecule has 0 spiro atoms. The number of urea groups is 1. The number of methoxy groups -OCH3 is 1. The lowest BCUT2D eigenvalue weighted by Crippen LogP contribution is -2.38.